The Bertz CT molecular complexity index is 424. The summed E-state index contributed by atoms with van der Waals surface area (Å²) in [4.78, 5) is 4.32. The highest BCUT2D eigenvalue weighted by Crippen LogP contribution is 2.14. The van der Waals surface area contributed by atoms with Crippen molar-refractivity contribution in [2.75, 3.05) is 0 Å². The van der Waals surface area contributed by atoms with Crippen LogP contribution in [0.5, 0.6) is 0 Å². The molecule has 0 N–H and O–H groups in total. The van der Waals surface area contributed by atoms with Crippen molar-refractivity contribution in [1.29, 1.82) is 0 Å². The van der Waals surface area contributed by atoms with E-state index in [1.54, 1.807) is 0 Å². The lowest BCUT2D eigenvalue weighted by Crippen LogP contribution is -1.92. The third-order valence-corrected chi connectivity index (χ3v) is 2.28. The summed E-state index contributed by atoms with van der Waals surface area (Å²) in [7, 11) is 2.66. The zero-order valence-electron chi connectivity index (χ0n) is 8.91. The molecule has 0 bridgehead atoms. The minimum Gasteiger partial charge on any atom is -0.256 e. The maximum Gasteiger partial charge on any atom is 0.0705 e. The first-order valence-electron chi connectivity index (χ1n) is 4.88. The molecule has 1 unspecified atom stereocenters. The molecular weight excluding hydrogens is 189 g/mol. The molecule has 1 heterocycles. The fourth-order valence-electron chi connectivity index (χ4n) is 1.31. The SMILES string of the molecule is CC.Cc1cccc2ncc(P)cc12. The standard InChI is InChI=1S/C10H10NP.C2H6/c1-7-3-2-4-10-9(7)5-8(12)6-11-10;1-2/h2-6H,12H2,1H3;1-2H3. The number of rotatable bonds is 0. The largest absolute Gasteiger partial charge is 0.256 e. The number of benzene rings is 1. The fraction of sp³-hybridized carbons (Fsp3) is 0.250. The molecule has 74 valence electrons. The Morgan fingerprint density at radius 1 is 1.21 bits per heavy atom. The van der Waals surface area contributed by atoms with Crippen LogP contribution in [0.3, 0.4) is 0 Å². The molecular formula is C12H16NP. The lowest BCUT2D eigenvalue weighted by Gasteiger charge is -2.00. The van der Waals surface area contributed by atoms with Crippen molar-refractivity contribution in [3.05, 3.63) is 36.0 Å². The highest BCUT2D eigenvalue weighted by molar-refractivity contribution is 7.27. The average Bonchev–Trinajstić information content (AvgIpc) is 2.22. The molecule has 14 heavy (non-hydrogen) atoms. The van der Waals surface area contributed by atoms with Crippen LogP contribution in [0.1, 0.15) is 19.4 Å². The van der Waals surface area contributed by atoms with Crippen LogP contribution in [-0.2, 0) is 0 Å². The van der Waals surface area contributed by atoms with E-state index < -0.39 is 0 Å². The number of hydrogen-bond donors (Lipinski definition) is 0. The van der Waals surface area contributed by atoms with E-state index in [1.807, 2.05) is 32.2 Å². The topological polar surface area (TPSA) is 12.9 Å². The van der Waals surface area contributed by atoms with Crippen molar-refractivity contribution in [2.45, 2.75) is 20.8 Å². The zero-order valence-corrected chi connectivity index (χ0v) is 10.1. The minimum absolute atomic E-state index is 1.07. The van der Waals surface area contributed by atoms with Crippen LogP contribution in [0, 0.1) is 6.92 Å². The number of nitrogens with zero attached hydrogens (tertiary/aromatic N) is 1. The summed E-state index contributed by atoms with van der Waals surface area (Å²) >= 11 is 0. The maximum atomic E-state index is 4.32. The van der Waals surface area contributed by atoms with Gasteiger partial charge in [-0.1, -0.05) is 26.0 Å². The Kier molecular flexibility index (Phi) is 4.03. The van der Waals surface area contributed by atoms with E-state index in [4.69, 9.17) is 0 Å². The first kappa shape index (κ1) is 11.1. The van der Waals surface area contributed by atoms with Gasteiger partial charge in [0.25, 0.3) is 0 Å². The van der Waals surface area contributed by atoms with Crippen LogP contribution >= 0.6 is 9.24 Å². The Hall–Kier alpha value is -0.940. The van der Waals surface area contributed by atoms with Crippen molar-refractivity contribution in [2.24, 2.45) is 0 Å². The summed E-state index contributed by atoms with van der Waals surface area (Å²) < 4.78 is 0. The highest BCUT2D eigenvalue weighted by Gasteiger charge is 1.96. The molecule has 0 radical (unpaired) electrons. The second-order valence-corrected chi connectivity index (χ2v) is 3.58. The molecule has 0 aliphatic heterocycles. The van der Waals surface area contributed by atoms with Crippen LogP contribution < -0.4 is 5.30 Å². The second-order valence-electron chi connectivity index (χ2n) is 2.91. The van der Waals surface area contributed by atoms with Gasteiger partial charge in [-0.2, -0.15) is 0 Å². The van der Waals surface area contributed by atoms with Gasteiger partial charge in [-0.25, -0.2) is 0 Å². The van der Waals surface area contributed by atoms with Gasteiger partial charge < -0.3 is 0 Å². The summed E-state index contributed by atoms with van der Waals surface area (Å²) in [5.41, 5.74) is 2.35. The molecule has 2 aromatic rings. The first-order chi connectivity index (χ1) is 6.77. The molecule has 0 spiro atoms. The molecule has 0 aliphatic rings. The van der Waals surface area contributed by atoms with Crippen molar-refractivity contribution in [1.82, 2.24) is 4.98 Å². The zero-order chi connectivity index (χ0) is 10.6. The number of aromatic nitrogens is 1. The van der Waals surface area contributed by atoms with Gasteiger partial charge in [0.05, 0.1) is 5.52 Å². The number of aryl methyl sites for hydroxylation is 1. The van der Waals surface area contributed by atoms with Gasteiger partial charge in [0.15, 0.2) is 0 Å². The smallest absolute Gasteiger partial charge is 0.0705 e. The minimum atomic E-state index is 1.07. The van der Waals surface area contributed by atoms with E-state index in [0.29, 0.717) is 0 Å². The summed E-state index contributed by atoms with van der Waals surface area (Å²) in [5.74, 6) is 0. The average molecular weight is 205 g/mol. The Morgan fingerprint density at radius 2 is 1.93 bits per heavy atom. The monoisotopic (exact) mass is 205 g/mol. The molecule has 1 aromatic heterocycles. The summed E-state index contributed by atoms with van der Waals surface area (Å²) in [6.07, 6.45) is 1.87. The fourth-order valence-corrected chi connectivity index (χ4v) is 1.55. The Morgan fingerprint density at radius 3 is 2.64 bits per heavy atom. The Labute approximate surface area is 87.8 Å². The molecule has 0 amide bonds. The molecule has 0 saturated carbocycles. The van der Waals surface area contributed by atoms with E-state index in [0.717, 1.165) is 10.8 Å². The number of hydrogen-bond acceptors (Lipinski definition) is 1. The molecule has 2 heteroatoms. The predicted molar refractivity (Wildman–Crippen MR) is 67.2 cm³/mol. The van der Waals surface area contributed by atoms with Gasteiger partial charge in [0, 0.05) is 11.6 Å². The van der Waals surface area contributed by atoms with Gasteiger partial charge in [-0.05, 0) is 29.9 Å². The van der Waals surface area contributed by atoms with Gasteiger partial charge in [-0.3, -0.25) is 4.98 Å². The van der Waals surface area contributed by atoms with Crippen LogP contribution in [0.15, 0.2) is 30.5 Å². The van der Waals surface area contributed by atoms with E-state index in [2.05, 4.69) is 33.3 Å². The summed E-state index contributed by atoms with van der Waals surface area (Å²) in [5, 5.41) is 2.38. The molecule has 1 aromatic carbocycles. The van der Waals surface area contributed by atoms with E-state index >= 15 is 0 Å². The number of fused-ring (bicyclic) bond motifs is 1. The summed E-state index contributed by atoms with van der Waals surface area (Å²) in [6, 6.07) is 8.32. The van der Waals surface area contributed by atoms with Crippen LogP contribution in [-0.4, -0.2) is 4.98 Å². The van der Waals surface area contributed by atoms with Gasteiger partial charge in [0.2, 0.25) is 0 Å². The van der Waals surface area contributed by atoms with Crippen LogP contribution in [0.25, 0.3) is 10.9 Å². The van der Waals surface area contributed by atoms with Crippen molar-refractivity contribution >= 4 is 25.4 Å². The third-order valence-electron chi connectivity index (χ3n) is 1.96. The normalized spacial score (nSPS) is 9.43. The van der Waals surface area contributed by atoms with Crippen molar-refractivity contribution in [3.8, 4) is 0 Å². The van der Waals surface area contributed by atoms with Crippen LogP contribution in [0.2, 0.25) is 0 Å². The predicted octanol–water partition coefficient (Wildman–Crippen LogP) is 3.07. The van der Waals surface area contributed by atoms with Gasteiger partial charge in [-0.15, -0.1) is 9.24 Å². The van der Waals surface area contributed by atoms with E-state index in [-0.39, 0.29) is 0 Å². The summed E-state index contributed by atoms with van der Waals surface area (Å²) in [6.45, 7) is 6.11. The first-order valence-corrected chi connectivity index (χ1v) is 5.46. The van der Waals surface area contributed by atoms with Gasteiger partial charge in [0.1, 0.15) is 0 Å². The quantitative estimate of drug-likeness (QED) is 0.602. The molecule has 0 saturated heterocycles. The van der Waals surface area contributed by atoms with Crippen molar-refractivity contribution in [3.63, 3.8) is 0 Å². The molecule has 2 rings (SSSR count). The third kappa shape index (κ3) is 2.30. The molecule has 0 aliphatic carbocycles. The van der Waals surface area contributed by atoms with Gasteiger partial charge >= 0.3 is 0 Å². The Balaban J connectivity index is 0.000000461. The molecule has 1 nitrogen and oxygen atoms in total. The molecule has 1 atom stereocenters. The second kappa shape index (κ2) is 5.07. The van der Waals surface area contributed by atoms with E-state index in [9.17, 15) is 0 Å². The lowest BCUT2D eigenvalue weighted by molar-refractivity contribution is 1.41. The highest BCUT2D eigenvalue weighted by atomic mass is 31.0. The molecule has 0 fully saturated rings. The maximum absolute atomic E-state index is 4.32. The van der Waals surface area contributed by atoms with Crippen LogP contribution in [0.4, 0.5) is 0 Å². The number of pyridine rings is 1. The lowest BCUT2D eigenvalue weighted by atomic mass is 10.1. The van der Waals surface area contributed by atoms with E-state index in [1.165, 1.54) is 10.9 Å². The van der Waals surface area contributed by atoms with Crippen molar-refractivity contribution < 1.29 is 0 Å².